The van der Waals surface area contributed by atoms with E-state index in [4.69, 9.17) is 11.5 Å². The molecule has 1 saturated heterocycles. The molecule has 0 unspecified atom stereocenters. The molecule has 0 bridgehead atoms. The molecule has 166 valence electrons. The molecule has 0 spiro atoms. The molecule has 0 aliphatic carbocycles. The van der Waals surface area contributed by atoms with Crippen molar-refractivity contribution in [2.24, 2.45) is 11.7 Å². The summed E-state index contributed by atoms with van der Waals surface area (Å²) in [6, 6.07) is 6.72. The maximum absolute atomic E-state index is 13.5. The number of halogens is 4. The Labute approximate surface area is 181 Å². The number of piperidine rings is 1. The van der Waals surface area contributed by atoms with Crippen molar-refractivity contribution in [1.82, 2.24) is 14.9 Å². The van der Waals surface area contributed by atoms with Crippen molar-refractivity contribution in [1.29, 1.82) is 0 Å². The highest BCUT2D eigenvalue weighted by atomic mass is 32.1. The highest BCUT2D eigenvalue weighted by Gasteiger charge is 2.41. The van der Waals surface area contributed by atoms with E-state index < -0.39 is 18.0 Å². The topological polar surface area (TPSA) is 81.1 Å². The fourth-order valence-corrected chi connectivity index (χ4v) is 4.93. The van der Waals surface area contributed by atoms with Crippen molar-refractivity contribution >= 4 is 27.2 Å². The fraction of sp³-hybridized carbons (Fsp3) is 0.429. The normalized spacial score (nSPS) is 17.3. The van der Waals surface area contributed by atoms with Gasteiger partial charge in [0, 0.05) is 36.7 Å². The van der Waals surface area contributed by atoms with E-state index in [0.717, 1.165) is 26.9 Å². The summed E-state index contributed by atoms with van der Waals surface area (Å²) < 4.78 is 52.1. The van der Waals surface area contributed by atoms with Crippen LogP contribution in [0.4, 0.5) is 22.7 Å². The molecule has 0 radical (unpaired) electrons. The molecular formula is C21H23F4N5S. The molecule has 3 heterocycles. The van der Waals surface area contributed by atoms with Crippen molar-refractivity contribution in [3.63, 3.8) is 0 Å². The average Bonchev–Trinajstić information content (AvgIpc) is 3.07. The monoisotopic (exact) mass is 453 g/mol. The summed E-state index contributed by atoms with van der Waals surface area (Å²) in [5.74, 6) is -1.78. The van der Waals surface area contributed by atoms with Crippen molar-refractivity contribution in [3.05, 3.63) is 42.1 Å². The Balaban J connectivity index is 1.45. The molecule has 1 fully saturated rings. The van der Waals surface area contributed by atoms with E-state index in [9.17, 15) is 17.6 Å². The zero-order valence-corrected chi connectivity index (χ0v) is 17.5. The third-order valence-electron chi connectivity index (χ3n) is 5.66. The van der Waals surface area contributed by atoms with Crippen LogP contribution in [0.2, 0.25) is 0 Å². The van der Waals surface area contributed by atoms with Gasteiger partial charge in [-0.3, -0.25) is 0 Å². The lowest BCUT2D eigenvalue weighted by molar-refractivity contribution is -0.185. The van der Waals surface area contributed by atoms with Crippen LogP contribution in [0.25, 0.3) is 21.2 Å². The van der Waals surface area contributed by atoms with Crippen LogP contribution in [0.5, 0.6) is 0 Å². The van der Waals surface area contributed by atoms with Gasteiger partial charge in [0.1, 0.15) is 0 Å². The first-order valence-corrected chi connectivity index (χ1v) is 10.9. The number of fused-ring (bicyclic) bond motifs is 1. The predicted octanol–water partition coefficient (Wildman–Crippen LogP) is 4.22. The molecule has 2 aromatic heterocycles. The number of hydrogen-bond acceptors (Lipinski definition) is 6. The minimum Gasteiger partial charge on any atom is -0.375 e. The lowest BCUT2D eigenvalue weighted by Gasteiger charge is -2.34. The van der Waals surface area contributed by atoms with Crippen molar-refractivity contribution in [2.45, 2.75) is 31.5 Å². The standard InChI is InChI=1S/C21H23F4N5S/c22-18-8-14-7-12(1-2-13(14)10-28-18)19-17(29-20(27)31-19)9-16(26)11-30-5-3-15(4-6-30)21(23,24)25/h1-2,7-8,10,15-16H,3-6,9,11,26H2,(H2,27,29)/t16-/m1/s1. The number of aromatic nitrogens is 2. The first-order chi connectivity index (χ1) is 14.7. The SMILES string of the molecule is Nc1nc(C[C@@H](N)CN2CCC(C(F)(F)F)CC2)c(-c2ccc3cnc(F)cc3c2)s1. The lowest BCUT2D eigenvalue weighted by Crippen LogP contribution is -2.45. The van der Waals surface area contributed by atoms with Crippen LogP contribution in [0, 0.1) is 11.9 Å². The first kappa shape index (κ1) is 21.9. The number of nitrogen functional groups attached to an aromatic ring is 1. The molecular weight excluding hydrogens is 430 g/mol. The highest BCUT2D eigenvalue weighted by Crippen LogP contribution is 2.35. The molecule has 1 aliphatic rings. The molecule has 0 saturated carbocycles. The Bertz CT molecular complexity index is 1060. The van der Waals surface area contributed by atoms with Crippen LogP contribution in [0.3, 0.4) is 0 Å². The van der Waals surface area contributed by atoms with Crippen LogP contribution in [0.15, 0.2) is 30.5 Å². The number of alkyl halides is 3. The van der Waals surface area contributed by atoms with Gasteiger partial charge in [-0.2, -0.15) is 17.6 Å². The number of nitrogens with two attached hydrogens (primary N) is 2. The number of anilines is 1. The molecule has 1 aromatic carbocycles. The second kappa shape index (κ2) is 8.68. The van der Waals surface area contributed by atoms with Gasteiger partial charge in [-0.25, -0.2) is 9.97 Å². The lowest BCUT2D eigenvalue weighted by atomic mass is 9.95. The van der Waals surface area contributed by atoms with E-state index in [1.165, 1.54) is 23.6 Å². The van der Waals surface area contributed by atoms with E-state index >= 15 is 0 Å². The van der Waals surface area contributed by atoms with Crippen LogP contribution in [0.1, 0.15) is 18.5 Å². The number of rotatable bonds is 5. The zero-order chi connectivity index (χ0) is 22.2. The van der Waals surface area contributed by atoms with Crippen molar-refractivity contribution in [3.8, 4) is 10.4 Å². The number of nitrogens with zero attached hydrogens (tertiary/aromatic N) is 3. The maximum Gasteiger partial charge on any atom is 0.391 e. The summed E-state index contributed by atoms with van der Waals surface area (Å²) in [4.78, 5) is 10.9. The van der Waals surface area contributed by atoms with Gasteiger partial charge in [0.05, 0.1) is 16.5 Å². The quantitative estimate of drug-likeness (QED) is 0.447. The van der Waals surface area contributed by atoms with Crippen LogP contribution in [-0.4, -0.2) is 46.7 Å². The van der Waals surface area contributed by atoms with Crippen molar-refractivity contribution < 1.29 is 17.6 Å². The molecule has 0 amide bonds. The number of thiazole rings is 1. The number of likely N-dealkylation sites (tertiary alicyclic amines) is 1. The molecule has 3 aromatic rings. The number of hydrogen-bond donors (Lipinski definition) is 2. The minimum atomic E-state index is -4.12. The summed E-state index contributed by atoms with van der Waals surface area (Å²) in [5, 5.41) is 1.95. The second-order valence-electron chi connectivity index (χ2n) is 7.98. The highest BCUT2D eigenvalue weighted by molar-refractivity contribution is 7.18. The van der Waals surface area contributed by atoms with Gasteiger partial charge in [0.25, 0.3) is 0 Å². The Morgan fingerprint density at radius 3 is 2.61 bits per heavy atom. The third-order valence-corrected chi connectivity index (χ3v) is 6.64. The summed E-state index contributed by atoms with van der Waals surface area (Å²) in [6.07, 6.45) is -1.99. The van der Waals surface area contributed by atoms with E-state index in [1.807, 2.05) is 23.1 Å². The van der Waals surface area contributed by atoms with E-state index in [0.29, 0.717) is 31.2 Å². The maximum atomic E-state index is 13.5. The molecule has 1 atom stereocenters. The summed E-state index contributed by atoms with van der Waals surface area (Å²) in [5.41, 5.74) is 13.9. The summed E-state index contributed by atoms with van der Waals surface area (Å²) in [6.45, 7) is 1.26. The first-order valence-electron chi connectivity index (χ1n) is 10.0. The molecule has 1 aliphatic heterocycles. The van der Waals surface area contributed by atoms with Gasteiger partial charge in [-0.05, 0) is 42.9 Å². The van der Waals surface area contributed by atoms with Crippen molar-refractivity contribution in [2.75, 3.05) is 25.4 Å². The fourth-order valence-electron chi connectivity index (χ4n) is 4.08. The molecule has 4 rings (SSSR count). The number of pyridine rings is 1. The van der Waals surface area contributed by atoms with Gasteiger partial charge < -0.3 is 16.4 Å². The predicted molar refractivity (Wildman–Crippen MR) is 114 cm³/mol. The van der Waals surface area contributed by atoms with Gasteiger partial charge in [-0.15, -0.1) is 0 Å². The van der Waals surface area contributed by atoms with E-state index in [1.54, 1.807) is 0 Å². The van der Waals surface area contributed by atoms with Gasteiger partial charge in [0.2, 0.25) is 5.95 Å². The van der Waals surface area contributed by atoms with Crippen LogP contribution in [-0.2, 0) is 6.42 Å². The Morgan fingerprint density at radius 2 is 1.90 bits per heavy atom. The second-order valence-corrected chi connectivity index (χ2v) is 9.01. The summed E-state index contributed by atoms with van der Waals surface area (Å²) in [7, 11) is 0. The zero-order valence-electron chi connectivity index (χ0n) is 16.7. The van der Waals surface area contributed by atoms with E-state index in [-0.39, 0.29) is 18.9 Å². The van der Waals surface area contributed by atoms with Gasteiger partial charge >= 0.3 is 6.18 Å². The van der Waals surface area contributed by atoms with Crippen LogP contribution >= 0.6 is 11.3 Å². The van der Waals surface area contributed by atoms with Gasteiger partial charge in [-0.1, -0.05) is 23.5 Å². The Morgan fingerprint density at radius 1 is 1.16 bits per heavy atom. The smallest absolute Gasteiger partial charge is 0.375 e. The van der Waals surface area contributed by atoms with Gasteiger partial charge in [0.15, 0.2) is 5.13 Å². The Hall–Kier alpha value is -2.30. The molecule has 4 N–H and O–H groups in total. The molecule has 5 nitrogen and oxygen atoms in total. The molecule has 31 heavy (non-hydrogen) atoms. The largest absolute Gasteiger partial charge is 0.391 e. The van der Waals surface area contributed by atoms with E-state index in [2.05, 4.69) is 9.97 Å². The summed E-state index contributed by atoms with van der Waals surface area (Å²) >= 11 is 1.33. The number of benzene rings is 1. The average molecular weight is 454 g/mol. The minimum absolute atomic E-state index is 0.105. The van der Waals surface area contributed by atoms with Crippen LogP contribution < -0.4 is 11.5 Å². The third kappa shape index (κ3) is 5.13. The molecule has 10 heteroatoms. The Kier molecular flexibility index (Phi) is 6.14.